The van der Waals surface area contributed by atoms with E-state index in [9.17, 15) is 10.1 Å². The number of benzene rings is 1. The zero-order valence-corrected chi connectivity index (χ0v) is 21.8. The van der Waals surface area contributed by atoms with Crippen LogP contribution in [0.25, 0.3) is 6.08 Å². The highest BCUT2D eigenvalue weighted by atomic mass is 16.6. The number of anilines is 1. The Balaban J connectivity index is 1.42. The topological polar surface area (TPSA) is 133 Å². The molecule has 0 radical (unpaired) electrons. The number of carbonyl (C=O) groups is 1. The second-order valence-corrected chi connectivity index (χ2v) is 11.0. The van der Waals surface area contributed by atoms with Crippen LogP contribution < -0.4 is 10.1 Å². The third kappa shape index (κ3) is 3.48. The highest BCUT2D eigenvalue weighted by Gasteiger charge is 2.69. The predicted molar refractivity (Wildman–Crippen MR) is 136 cm³/mol. The van der Waals surface area contributed by atoms with Gasteiger partial charge in [-0.05, 0) is 74.9 Å². The van der Waals surface area contributed by atoms with Crippen molar-refractivity contribution in [3.63, 3.8) is 0 Å². The number of nitrogens with one attached hydrogen (secondary N) is 1. The molecule has 1 aromatic carbocycles. The smallest absolute Gasteiger partial charge is 0.275 e. The number of aromatic nitrogens is 2. The number of nitrogens with zero attached hydrogens (tertiary/aromatic N) is 5. The molecule has 1 amide bonds. The van der Waals surface area contributed by atoms with Gasteiger partial charge in [-0.1, -0.05) is 0 Å². The van der Waals surface area contributed by atoms with Crippen LogP contribution in [-0.2, 0) is 15.2 Å². The second kappa shape index (κ2) is 8.26. The molecule has 1 aromatic heterocycles. The summed E-state index contributed by atoms with van der Waals surface area (Å²) in [6, 6.07) is 8.28. The van der Waals surface area contributed by atoms with E-state index in [1.165, 1.54) is 6.08 Å². The largest absolute Gasteiger partial charge is 0.438 e. The SMILES string of the molecule is CO[C@H]1COC2(C)c3c(Oc4c(C)cc(/C=C/C#N)cc4C)nc(NC45CC(C#N)(C4)C5)nc3C(=O)N2C1. The minimum atomic E-state index is -1.10. The standard InChI is InChI=1S/C28H28N6O4/c1-16-8-18(6-5-7-29)9-17(2)22(16)38-23-20-21(24(35)34-10-19(36-4)11-37-26(20,34)3)31-25(32-23)33-28-12-27(13-28,14-28)15-30/h5-6,8-9,19H,10-14H2,1-4H3,(H,31,32,33)/b6-5+/t19-,26?,27?,28?/m1/s1. The third-order valence-corrected chi connectivity index (χ3v) is 8.25. The van der Waals surface area contributed by atoms with E-state index in [4.69, 9.17) is 24.5 Å². The molecule has 3 aliphatic carbocycles. The molecular weight excluding hydrogens is 484 g/mol. The molecule has 0 spiro atoms. The highest BCUT2D eigenvalue weighted by Crippen LogP contribution is 2.67. The number of fused-ring (bicyclic) bond motifs is 3. The highest BCUT2D eigenvalue weighted by molar-refractivity contribution is 5.99. The summed E-state index contributed by atoms with van der Waals surface area (Å²) in [5, 5.41) is 21.7. The van der Waals surface area contributed by atoms with E-state index >= 15 is 0 Å². The van der Waals surface area contributed by atoms with Gasteiger partial charge in [-0.15, -0.1) is 0 Å². The van der Waals surface area contributed by atoms with Crippen LogP contribution >= 0.6 is 0 Å². The molecule has 2 bridgehead atoms. The van der Waals surface area contributed by atoms with Gasteiger partial charge >= 0.3 is 0 Å². The fourth-order valence-corrected chi connectivity index (χ4v) is 6.41. The van der Waals surface area contributed by atoms with Crippen LogP contribution in [0.3, 0.4) is 0 Å². The molecule has 4 fully saturated rings. The molecule has 10 nitrogen and oxygen atoms in total. The number of hydrogen-bond acceptors (Lipinski definition) is 9. The maximum Gasteiger partial charge on any atom is 0.275 e. The summed E-state index contributed by atoms with van der Waals surface area (Å²) < 4.78 is 18.2. The molecule has 3 heterocycles. The molecule has 194 valence electrons. The summed E-state index contributed by atoms with van der Waals surface area (Å²) in [6.07, 6.45) is 5.13. The van der Waals surface area contributed by atoms with Gasteiger partial charge in [-0.2, -0.15) is 15.5 Å². The van der Waals surface area contributed by atoms with Crippen molar-refractivity contribution in [2.45, 2.75) is 57.4 Å². The molecular formula is C28H28N6O4. The summed E-state index contributed by atoms with van der Waals surface area (Å²) in [7, 11) is 1.60. The number of rotatable bonds is 6. The van der Waals surface area contributed by atoms with Crippen molar-refractivity contribution < 1.29 is 19.0 Å². The Hall–Kier alpha value is -3.99. The van der Waals surface area contributed by atoms with Gasteiger partial charge < -0.3 is 24.4 Å². The zero-order chi connectivity index (χ0) is 26.9. The lowest BCUT2D eigenvalue weighted by atomic mass is 9.40. The summed E-state index contributed by atoms with van der Waals surface area (Å²) in [5.74, 6) is 0.893. The van der Waals surface area contributed by atoms with Crippen LogP contribution in [0.4, 0.5) is 5.95 Å². The first-order valence-corrected chi connectivity index (χ1v) is 12.6. The summed E-state index contributed by atoms with van der Waals surface area (Å²) in [4.78, 5) is 24.7. The summed E-state index contributed by atoms with van der Waals surface area (Å²) >= 11 is 0. The van der Waals surface area contributed by atoms with E-state index < -0.39 is 5.72 Å². The van der Waals surface area contributed by atoms with Gasteiger partial charge in [0.2, 0.25) is 11.8 Å². The lowest BCUT2D eigenvalue weighted by molar-refractivity contribution is -0.194. The third-order valence-electron chi connectivity index (χ3n) is 8.25. The first-order valence-electron chi connectivity index (χ1n) is 12.6. The fourth-order valence-electron chi connectivity index (χ4n) is 6.41. The Bertz CT molecular complexity index is 1440. The summed E-state index contributed by atoms with van der Waals surface area (Å²) in [6.45, 7) is 6.35. The van der Waals surface area contributed by atoms with E-state index in [-0.39, 0.29) is 34.5 Å². The summed E-state index contributed by atoms with van der Waals surface area (Å²) in [5.41, 5.74) is 1.75. The van der Waals surface area contributed by atoms with Crippen molar-refractivity contribution in [1.29, 1.82) is 10.5 Å². The van der Waals surface area contributed by atoms with Crippen molar-refractivity contribution in [2.75, 3.05) is 25.6 Å². The molecule has 1 unspecified atom stereocenters. The van der Waals surface area contributed by atoms with Crippen LogP contribution in [0, 0.1) is 41.9 Å². The Labute approximate surface area is 220 Å². The number of allylic oxidation sites excluding steroid dienone is 1. The minimum absolute atomic E-state index is 0.224. The molecule has 1 saturated heterocycles. The van der Waals surface area contributed by atoms with Crippen molar-refractivity contribution in [2.24, 2.45) is 5.41 Å². The van der Waals surface area contributed by atoms with Crippen LogP contribution in [0.1, 0.15) is 58.9 Å². The average Bonchev–Trinajstić information content (AvgIpc) is 3.07. The van der Waals surface area contributed by atoms with Crippen LogP contribution in [0.2, 0.25) is 0 Å². The normalized spacial score (nSPS) is 30.5. The van der Waals surface area contributed by atoms with Gasteiger partial charge in [-0.25, -0.2) is 4.98 Å². The van der Waals surface area contributed by atoms with E-state index in [0.29, 0.717) is 30.4 Å². The van der Waals surface area contributed by atoms with Crippen LogP contribution in [-0.4, -0.2) is 52.7 Å². The van der Waals surface area contributed by atoms with Crippen molar-refractivity contribution in [1.82, 2.24) is 14.9 Å². The maximum atomic E-state index is 13.6. The van der Waals surface area contributed by atoms with Gasteiger partial charge in [0, 0.05) is 18.7 Å². The van der Waals surface area contributed by atoms with Crippen molar-refractivity contribution in [3.05, 3.63) is 46.2 Å². The van der Waals surface area contributed by atoms with Crippen molar-refractivity contribution in [3.8, 4) is 23.8 Å². The molecule has 1 N–H and O–H groups in total. The molecule has 2 aliphatic heterocycles. The Kier molecular flexibility index (Phi) is 5.29. The van der Waals surface area contributed by atoms with E-state index in [0.717, 1.165) is 36.0 Å². The molecule has 38 heavy (non-hydrogen) atoms. The number of ether oxygens (including phenoxy) is 3. The van der Waals surface area contributed by atoms with Crippen LogP contribution in [0.5, 0.6) is 11.6 Å². The average molecular weight is 513 g/mol. The number of aryl methyl sites for hydroxylation is 2. The molecule has 2 atom stereocenters. The Morgan fingerprint density at radius 3 is 2.55 bits per heavy atom. The molecule has 10 heteroatoms. The maximum absolute atomic E-state index is 13.6. The number of nitriles is 2. The van der Waals surface area contributed by atoms with Crippen molar-refractivity contribution >= 4 is 17.9 Å². The van der Waals surface area contributed by atoms with Gasteiger partial charge in [-0.3, -0.25) is 4.79 Å². The molecule has 2 aromatic rings. The predicted octanol–water partition coefficient (Wildman–Crippen LogP) is 3.95. The van der Waals surface area contributed by atoms with Gasteiger partial charge in [0.25, 0.3) is 5.91 Å². The quantitative estimate of drug-likeness (QED) is 0.571. The van der Waals surface area contributed by atoms with Crippen LogP contribution in [0.15, 0.2) is 18.2 Å². The number of amides is 1. The van der Waals surface area contributed by atoms with E-state index in [1.807, 2.05) is 39.0 Å². The molecule has 5 aliphatic rings. The second-order valence-electron chi connectivity index (χ2n) is 11.0. The first kappa shape index (κ1) is 24.4. The zero-order valence-electron chi connectivity index (χ0n) is 21.8. The van der Waals surface area contributed by atoms with Gasteiger partial charge in [0.15, 0.2) is 5.72 Å². The van der Waals surface area contributed by atoms with Gasteiger partial charge in [0.05, 0.1) is 42.4 Å². The lowest BCUT2D eigenvalue weighted by Crippen LogP contribution is -2.70. The Morgan fingerprint density at radius 1 is 1.21 bits per heavy atom. The van der Waals surface area contributed by atoms with Gasteiger partial charge in [0.1, 0.15) is 11.4 Å². The number of carbonyl (C=O) groups excluding carboxylic acids is 1. The fraction of sp³-hybridized carbons (Fsp3) is 0.464. The Morgan fingerprint density at radius 2 is 1.92 bits per heavy atom. The first-order chi connectivity index (χ1) is 18.1. The monoisotopic (exact) mass is 512 g/mol. The van der Waals surface area contributed by atoms with E-state index in [1.54, 1.807) is 18.1 Å². The lowest BCUT2D eigenvalue weighted by Gasteiger charge is -2.66. The number of methoxy groups -OCH3 is 1. The molecule has 3 saturated carbocycles. The minimum Gasteiger partial charge on any atom is -0.438 e. The molecule has 7 rings (SSSR count). The van der Waals surface area contributed by atoms with E-state index in [2.05, 4.69) is 16.4 Å². The number of hydrogen-bond donors (Lipinski definition) is 1.